The molecule has 2 atom stereocenters. The maximum Gasteiger partial charge on any atom is 0.258 e. The number of hydrogen-bond acceptors (Lipinski definition) is 4. The van der Waals surface area contributed by atoms with E-state index in [0.717, 1.165) is 56.7 Å². The zero-order chi connectivity index (χ0) is 20.0. The third kappa shape index (κ3) is 3.39. The Morgan fingerprint density at radius 2 is 1.93 bits per heavy atom. The van der Waals surface area contributed by atoms with Crippen molar-refractivity contribution in [2.75, 3.05) is 26.2 Å². The first-order chi connectivity index (χ1) is 14.1. The van der Waals surface area contributed by atoms with Crippen LogP contribution in [0.25, 0.3) is 11.1 Å². The Morgan fingerprint density at radius 1 is 1.10 bits per heavy atom. The number of carbonyl (C=O) groups is 1. The van der Waals surface area contributed by atoms with Gasteiger partial charge in [-0.3, -0.25) is 19.5 Å². The van der Waals surface area contributed by atoms with Crippen LogP contribution in [0.5, 0.6) is 0 Å². The lowest BCUT2D eigenvalue weighted by atomic mass is 9.81. The van der Waals surface area contributed by atoms with E-state index in [1.54, 1.807) is 19.3 Å². The molecule has 0 saturated carbocycles. The van der Waals surface area contributed by atoms with E-state index >= 15 is 0 Å². The molecule has 2 unspecified atom stereocenters. The number of piperidine rings is 2. The van der Waals surface area contributed by atoms with Gasteiger partial charge in [0.15, 0.2) is 0 Å². The van der Waals surface area contributed by atoms with Gasteiger partial charge in [0.25, 0.3) is 5.56 Å². The van der Waals surface area contributed by atoms with E-state index in [0.29, 0.717) is 17.9 Å². The number of rotatable bonds is 2. The summed E-state index contributed by atoms with van der Waals surface area (Å²) in [7, 11) is 0. The van der Waals surface area contributed by atoms with E-state index in [-0.39, 0.29) is 11.5 Å². The number of likely N-dealkylation sites (tertiary alicyclic amines) is 2. The van der Waals surface area contributed by atoms with Crippen LogP contribution in [0.1, 0.15) is 37.8 Å². The van der Waals surface area contributed by atoms with Gasteiger partial charge in [0.2, 0.25) is 5.91 Å². The fourth-order valence-corrected chi connectivity index (χ4v) is 5.57. The fraction of sp³-hybridized carbons (Fsp3) is 0.522. The second-order valence-electron chi connectivity index (χ2n) is 8.82. The minimum absolute atomic E-state index is 0.119. The number of fused-ring (bicyclic) bond motifs is 4. The van der Waals surface area contributed by atoms with Crippen LogP contribution in [-0.4, -0.2) is 57.5 Å². The molecule has 2 bridgehead atoms. The molecular weight excluding hydrogens is 364 g/mol. The molecule has 6 heteroatoms. The molecule has 5 rings (SSSR count). The first-order valence-corrected chi connectivity index (χ1v) is 10.7. The Kier molecular flexibility index (Phi) is 4.74. The number of aromatic nitrogens is 2. The van der Waals surface area contributed by atoms with Crippen LogP contribution < -0.4 is 5.56 Å². The van der Waals surface area contributed by atoms with Crippen LogP contribution in [0.3, 0.4) is 0 Å². The van der Waals surface area contributed by atoms with Gasteiger partial charge in [0, 0.05) is 80.8 Å². The lowest BCUT2D eigenvalue weighted by Crippen LogP contribution is -2.53. The van der Waals surface area contributed by atoms with Crippen LogP contribution in [0, 0.1) is 5.92 Å². The van der Waals surface area contributed by atoms with Crippen LogP contribution in [0.2, 0.25) is 0 Å². The summed E-state index contributed by atoms with van der Waals surface area (Å²) < 4.78 is 2.02. The maximum absolute atomic E-state index is 13.2. The molecule has 0 N–H and O–H groups in total. The molecule has 0 spiro atoms. The molecule has 2 fully saturated rings. The minimum Gasteiger partial charge on any atom is -0.343 e. The summed E-state index contributed by atoms with van der Waals surface area (Å²) in [6.07, 6.45) is 6.80. The van der Waals surface area contributed by atoms with Gasteiger partial charge < -0.3 is 9.47 Å². The average Bonchev–Trinajstić information content (AvgIpc) is 2.75. The van der Waals surface area contributed by atoms with E-state index in [1.165, 1.54) is 12.1 Å². The lowest BCUT2D eigenvalue weighted by Gasteiger charge is -2.47. The standard InChI is InChI=1S/C23H28N4O2/c1-16(28)25-9-6-20(7-10-25)26-13-17-11-19(15-26)22-5-4-21(23(29)27(22)14-17)18-3-2-8-24-12-18/h2-5,8,12,17,19-20H,6-7,9-11,13-15H2,1H3. The summed E-state index contributed by atoms with van der Waals surface area (Å²) in [5.41, 5.74) is 2.94. The van der Waals surface area contributed by atoms with Crippen molar-refractivity contribution >= 4 is 5.91 Å². The SMILES string of the molecule is CC(=O)N1CCC(N2CC3CC(C2)c2ccc(-c4cccnc4)c(=O)n2C3)CC1. The molecule has 2 aromatic rings. The van der Waals surface area contributed by atoms with Crippen LogP contribution in [0.4, 0.5) is 0 Å². The van der Waals surface area contributed by atoms with Gasteiger partial charge in [-0.2, -0.15) is 0 Å². The largest absolute Gasteiger partial charge is 0.343 e. The predicted molar refractivity (Wildman–Crippen MR) is 112 cm³/mol. The van der Waals surface area contributed by atoms with Crippen LogP contribution in [-0.2, 0) is 11.3 Å². The monoisotopic (exact) mass is 392 g/mol. The van der Waals surface area contributed by atoms with Crippen molar-refractivity contribution in [1.82, 2.24) is 19.4 Å². The van der Waals surface area contributed by atoms with Gasteiger partial charge in [-0.25, -0.2) is 0 Å². The van der Waals surface area contributed by atoms with Crippen molar-refractivity contribution in [3.63, 3.8) is 0 Å². The molecule has 6 nitrogen and oxygen atoms in total. The van der Waals surface area contributed by atoms with Crippen molar-refractivity contribution in [2.24, 2.45) is 5.92 Å². The summed E-state index contributed by atoms with van der Waals surface area (Å²) in [4.78, 5) is 33.6. The van der Waals surface area contributed by atoms with Crippen molar-refractivity contribution in [3.8, 4) is 11.1 Å². The molecule has 152 valence electrons. The molecule has 5 heterocycles. The molecule has 2 saturated heterocycles. The summed E-state index contributed by atoms with van der Waals surface area (Å²) in [5, 5.41) is 0. The molecule has 0 aliphatic carbocycles. The Bertz CT molecular complexity index is 963. The van der Waals surface area contributed by atoms with Gasteiger partial charge in [-0.15, -0.1) is 0 Å². The van der Waals surface area contributed by atoms with E-state index in [4.69, 9.17) is 0 Å². The Morgan fingerprint density at radius 3 is 2.66 bits per heavy atom. The molecule has 0 aromatic carbocycles. The van der Waals surface area contributed by atoms with E-state index in [9.17, 15) is 9.59 Å². The highest BCUT2D eigenvalue weighted by Gasteiger charge is 2.38. The van der Waals surface area contributed by atoms with Crippen LogP contribution in [0.15, 0.2) is 41.5 Å². The molecule has 0 radical (unpaired) electrons. The van der Waals surface area contributed by atoms with Crippen molar-refractivity contribution in [2.45, 2.75) is 44.7 Å². The highest BCUT2D eigenvalue weighted by atomic mass is 16.2. The summed E-state index contributed by atoms with van der Waals surface area (Å²) in [6, 6.07) is 8.53. The van der Waals surface area contributed by atoms with E-state index < -0.39 is 0 Å². The second kappa shape index (κ2) is 7.41. The zero-order valence-corrected chi connectivity index (χ0v) is 17.0. The second-order valence-corrected chi connectivity index (χ2v) is 8.82. The zero-order valence-electron chi connectivity index (χ0n) is 17.0. The third-order valence-corrected chi connectivity index (χ3v) is 7.03. The molecule has 3 aliphatic rings. The van der Waals surface area contributed by atoms with Crippen molar-refractivity contribution < 1.29 is 4.79 Å². The topological polar surface area (TPSA) is 58.4 Å². The van der Waals surface area contributed by atoms with Gasteiger partial charge in [0.05, 0.1) is 0 Å². The molecule has 3 aliphatic heterocycles. The third-order valence-electron chi connectivity index (χ3n) is 7.03. The van der Waals surface area contributed by atoms with Crippen LogP contribution >= 0.6 is 0 Å². The van der Waals surface area contributed by atoms with E-state index in [1.807, 2.05) is 27.7 Å². The highest BCUT2D eigenvalue weighted by Crippen LogP contribution is 2.37. The number of carbonyl (C=O) groups excluding carboxylic acids is 1. The van der Waals surface area contributed by atoms with Crippen molar-refractivity contribution in [3.05, 3.63) is 52.7 Å². The number of hydrogen-bond donors (Lipinski definition) is 0. The summed E-state index contributed by atoms with van der Waals surface area (Å²) >= 11 is 0. The van der Waals surface area contributed by atoms with E-state index in [2.05, 4.69) is 16.0 Å². The summed E-state index contributed by atoms with van der Waals surface area (Å²) in [6.45, 7) is 6.30. The number of pyridine rings is 2. The maximum atomic E-state index is 13.2. The molecular formula is C23H28N4O2. The normalized spacial score (nSPS) is 24.9. The van der Waals surface area contributed by atoms with Gasteiger partial charge in [0.1, 0.15) is 0 Å². The first-order valence-electron chi connectivity index (χ1n) is 10.7. The number of nitrogens with zero attached hydrogens (tertiary/aromatic N) is 4. The minimum atomic E-state index is 0.119. The predicted octanol–water partition coefficient (Wildman–Crippen LogP) is 2.34. The Labute approximate surface area is 171 Å². The highest BCUT2D eigenvalue weighted by molar-refractivity contribution is 5.73. The number of amides is 1. The van der Waals surface area contributed by atoms with Gasteiger partial charge in [-0.05, 0) is 43.4 Å². The quantitative estimate of drug-likeness (QED) is 0.787. The smallest absolute Gasteiger partial charge is 0.258 e. The molecule has 29 heavy (non-hydrogen) atoms. The van der Waals surface area contributed by atoms with Gasteiger partial charge >= 0.3 is 0 Å². The summed E-state index contributed by atoms with van der Waals surface area (Å²) in [5.74, 6) is 1.13. The average molecular weight is 393 g/mol. The molecule has 1 amide bonds. The Balaban J connectivity index is 1.37. The molecule has 2 aromatic heterocycles. The van der Waals surface area contributed by atoms with Crippen molar-refractivity contribution in [1.29, 1.82) is 0 Å². The first kappa shape index (κ1) is 18.6. The fourth-order valence-electron chi connectivity index (χ4n) is 5.57. The Hall–Kier alpha value is -2.47. The van der Waals surface area contributed by atoms with Gasteiger partial charge in [-0.1, -0.05) is 6.07 Å². The lowest BCUT2D eigenvalue weighted by molar-refractivity contribution is -0.130.